The fraction of sp³-hybridized carbons (Fsp3) is 0.0556. The molecule has 23 heavy (non-hydrogen) atoms. The first kappa shape index (κ1) is 15.2. The van der Waals surface area contributed by atoms with Gasteiger partial charge in [0.2, 0.25) is 5.95 Å². The Bertz CT molecular complexity index is 831. The molecule has 0 aliphatic heterocycles. The number of nitrogens with one attached hydrogen (secondary N) is 1. The van der Waals surface area contributed by atoms with Crippen LogP contribution in [0.25, 0.3) is 11.3 Å². The number of aryl methyl sites for hydroxylation is 1. The van der Waals surface area contributed by atoms with E-state index in [-0.39, 0.29) is 0 Å². The van der Waals surface area contributed by atoms with Gasteiger partial charge in [0.15, 0.2) is 0 Å². The Balaban J connectivity index is 1.81. The van der Waals surface area contributed by atoms with Crippen LogP contribution in [0.15, 0.2) is 65.8 Å². The topological polar surface area (TPSA) is 50.2 Å². The number of hydrazone groups is 1. The highest BCUT2D eigenvalue weighted by molar-refractivity contribution is 6.33. The van der Waals surface area contributed by atoms with Gasteiger partial charge in [-0.3, -0.25) is 0 Å². The Hall–Kier alpha value is -2.72. The van der Waals surface area contributed by atoms with E-state index in [0.717, 1.165) is 22.5 Å². The van der Waals surface area contributed by atoms with Crippen molar-refractivity contribution >= 4 is 23.8 Å². The lowest BCUT2D eigenvalue weighted by Gasteiger charge is -2.05. The van der Waals surface area contributed by atoms with Crippen molar-refractivity contribution in [2.45, 2.75) is 6.92 Å². The van der Waals surface area contributed by atoms with Crippen molar-refractivity contribution in [3.05, 3.63) is 76.9 Å². The molecule has 1 heterocycles. The SMILES string of the molecule is Cc1cc(-c2ccccc2)nc(N/N=C/c2ccccc2Cl)n1. The average molecular weight is 323 g/mol. The summed E-state index contributed by atoms with van der Waals surface area (Å²) in [6.45, 7) is 1.93. The molecule has 3 rings (SSSR count). The summed E-state index contributed by atoms with van der Waals surface area (Å²) in [4.78, 5) is 8.83. The molecule has 0 saturated heterocycles. The molecule has 0 radical (unpaired) electrons. The minimum Gasteiger partial charge on any atom is -0.245 e. The first-order valence-electron chi connectivity index (χ1n) is 7.17. The van der Waals surface area contributed by atoms with Crippen LogP contribution in [0.4, 0.5) is 5.95 Å². The second-order valence-electron chi connectivity index (χ2n) is 4.98. The van der Waals surface area contributed by atoms with Gasteiger partial charge in [0, 0.05) is 21.8 Å². The summed E-state index contributed by atoms with van der Waals surface area (Å²) in [5.74, 6) is 0.451. The third kappa shape index (κ3) is 3.93. The lowest BCUT2D eigenvalue weighted by Crippen LogP contribution is -2.00. The van der Waals surface area contributed by atoms with Gasteiger partial charge in [0.1, 0.15) is 0 Å². The van der Waals surface area contributed by atoms with Crippen LogP contribution in [0.3, 0.4) is 0 Å². The van der Waals surface area contributed by atoms with Gasteiger partial charge in [0.25, 0.3) is 0 Å². The Morgan fingerprint density at radius 1 is 1.00 bits per heavy atom. The molecule has 1 N–H and O–H groups in total. The van der Waals surface area contributed by atoms with Crippen LogP contribution < -0.4 is 5.43 Å². The van der Waals surface area contributed by atoms with E-state index < -0.39 is 0 Å². The van der Waals surface area contributed by atoms with E-state index in [1.807, 2.05) is 67.6 Å². The van der Waals surface area contributed by atoms with Crippen molar-refractivity contribution in [3.8, 4) is 11.3 Å². The zero-order valence-electron chi connectivity index (χ0n) is 12.6. The van der Waals surface area contributed by atoms with E-state index in [4.69, 9.17) is 11.6 Å². The molecule has 5 heteroatoms. The van der Waals surface area contributed by atoms with Gasteiger partial charge in [-0.1, -0.05) is 60.1 Å². The van der Waals surface area contributed by atoms with Gasteiger partial charge in [0.05, 0.1) is 11.9 Å². The largest absolute Gasteiger partial charge is 0.245 e. The molecular weight excluding hydrogens is 308 g/mol. The Morgan fingerprint density at radius 2 is 1.74 bits per heavy atom. The van der Waals surface area contributed by atoms with E-state index in [1.54, 1.807) is 6.21 Å². The second kappa shape index (κ2) is 7.03. The Kier molecular flexibility index (Phi) is 4.64. The van der Waals surface area contributed by atoms with Crippen LogP contribution in [0.5, 0.6) is 0 Å². The van der Waals surface area contributed by atoms with Crippen molar-refractivity contribution in [3.63, 3.8) is 0 Å². The number of nitrogens with zero attached hydrogens (tertiary/aromatic N) is 3. The van der Waals surface area contributed by atoms with E-state index in [9.17, 15) is 0 Å². The molecule has 1 aromatic heterocycles. The molecule has 0 aliphatic rings. The smallest absolute Gasteiger partial charge is 0.244 e. The summed E-state index contributed by atoms with van der Waals surface area (Å²) >= 11 is 6.09. The molecule has 4 nitrogen and oxygen atoms in total. The molecule has 0 fully saturated rings. The second-order valence-corrected chi connectivity index (χ2v) is 5.38. The number of hydrogen-bond donors (Lipinski definition) is 1. The van der Waals surface area contributed by atoms with Gasteiger partial charge >= 0.3 is 0 Å². The molecular formula is C18H15ClN4. The predicted octanol–water partition coefficient (Wildman–Crippen LogP) is 4.55. The van der Waals surface area contributed by atoms with Crippen LogP contribution >= 0.6 is 11.6 Å². The van der Waals surface area contributed by atoms with E-state index in [0.29, 0.717) is 11.0 Å². The summed E-state index contributed by atoms with van der Waals surface area (Å²) in [5, 5.41) is 4.81. The molecule has 2 aromatic carbocycles. The van der Waals surface area contributed by atoms with Crippen LogP contribution in [0.1, 0.15) is 11.3 Å². The summed E-state index contributed by atoms with van der Waals surface area (Å²) in [6, 6.07) is 19.4. The quantitative estimate of drug-likeness (QED) is 0.566. The average Bonchev–Trinajstić information content (AvgIpc) is 2.57. The van der Waals surface area contributed by atoms with Gasteiger partial charge in [-0.25, -0.2) is 15.4 Å². The predicted molar refractivity (Wildman–Crippen MR) is 94.9 cm³/mol. The number of halogens is 1. The van der Waals surface area contributed by atoms with Crippen molar-refractivity contribution < 1.29 is 0 Å². The molecule has 0 atom stereocenters. The maximum atomic E-state index is 6.09. The molecule has 0 spiro atoms. The monoisotopic (exact) mass is 322 g/mol. The Labute approximate surface area is 139 Å². The normalized spacial score (nSPS) is 10.9. The maximum Gasteiger partial charge on any atom is 0.244 e. The van der Waals surface area contributed by atoms with E-state index in [2.05, 4.69) is 20.5 Å². The first-order chi connectivity index (χ1) is 11.2. The minimum atomic E-state index is 0.451. The molecule has 114 valence electrons. The van der Waals surface area contributed by atoms with Crippen LogP contribution in [-0.2, 0) is 0 Å². The number of hydrogen-bond acceptors (Lipinski definition) is 4. The van der Waals surface area contributed by atoms with E-state index >= 15 is 0 Å². The summed E-state index contributed by atoms with van der Waals surface area (Å²) in [7, 11) is 0. The lowest BCUT2D eigenvalue weighted by atomic mass is 10.1. The minimum absolute atomic E-state index is 0.451. The van der Waals surface area contributed by atoms with Crippen LogP contribution in [-0.4, -0.2) is 16.2 Å². The van der Waals surface area contributed by atoms with Crippen molar-refractivity contribution in [1.29, 1.82) is 0 Å². The highest BCUT2D eigenvalue weighted by Gasteiger charge is 2.03. The number of benzene rings is 2. The highest BCUT2D eigenvalue weighted by atomic mass is 35.5. The van der Waals surface area contributed by atoms with Crippen molar-refractivity contribution in [1.82, 2.24) is 9.97 Å². The summed E-state index contributed by atoms with van der Waals surface area (Å²) < 4.78 is 0. The zero-order chi connectivity index (χ0) is 16.1. The van der Waals surface area contributed by atoms with Crippen LogP contribution in [0, 0.1) is 6.92 Å². The fourth-order valence-electron chi connectivity index (χ4n) is 2.11. The van der Waals surface area contributed by atoms with Gasteiger partial charge in [-0.15, -0.1) is 0 Å². The van der Waals surface area contributed by atoms with Gasteiger partial charge < -0.3 is 0 Å². The first-order valence-corrected chi connectivity index (χ1v) is 7.55. The Morgan fingerprint density at radius 3 is 2.52 bits per heavy atom. The highest BCUT2D eigenvalue weighted by Crippen LogP contribution is 2.18. The molecule has 0 aliphatic carbocycles. The number of aromatic nitrogens is 2. The molecule has 0 amide bonds. The molecule has 0 bridgehead atoms. The third-order valence-electron chi connectivity index (χ3n) is 3.20. The zero-order valence-corrected chi connectivity index (χ0v) is 13.3. The molecule has 3 aromatic rings. The lowest BCUT2D eigenvalue weighted by molar-refractivity contribution is 1.08. The van der Waals surface area contributed by atoms with Crippen LogP contribution in [0.2, 0.25) is 5.02 Å². The van der Waals surface area contributed by atoms with Crippen molar-refractivity contribution in [2.75, 3.05) is 5.43 Å². The molecule has 0 saturated carbocycles. The standard InChI is InChI=1S/C18H15ClN4/c1-13-11-17(14-7-3-2-4-8-14)22-18(21-13)23-20-12-15-9-5-6-10-16(15)19/h2-12H,1H3,(H,21,22,23)/b20-12+. The van der Waals surface area contributed by atoms with Gasteiger partial charge in [-0.2, -0.15) is 5.10 Å². The molecule has 0 unspecified atom stereocenters. The van der Waals surface area contributed by atoms with Crippen molar-refractivity contribution in [2.24, 2.45) is 5.10 Å². The van der Waals surface area contributed by atoms with E-state index in [1.165, 1.54) is 0 Å². The third-order valence-corrected chi connectivity index (χ3v) is 3.54. The number of anilines is 1. The maximum absolute atomic E-state index is 6.09. The fourth-order valence-corrected chi connectivity index (χ4v) is 2.30. The summed E-state index contributed by atoms with van der Waals surface area (Å²) in [5.41, 5.74) is 6.45. The number of rotatable bonds is 4. The summed E-state index contributed by atoms with van der Waals surface area (Å²) in [6.07, 6.45) is 1.65. The van der Waals surface area contributed by atoms with Gasteiger partial charge in [-0.05, 0) is 19.1 Å².